The van der Waals surface area contributed by atoms with E-state index in [1.807, 2.05) is 12.1 Å². The van der Waals surface area contributed by atoms with E-state index in [-0.39, 0.29) is 0 Å². The lowest BCUT2D eigenvalue weighted by Gasteiger charge is -2.08. The van der Waals surface area contributed by atoms with Crippen LogP contribution in [0.2, 0.25) is 0 Å². The molecule has 1 aromatic rings. The summed E-state index contributed by atoms with van der Waals surface area (Å²) in [6, 6.07) is 3.68. The van der Waals surface area contributed by atoms with Crippen molar-refractivity contribution in [3.05, 3.63) is 28.5 Å². The van der Waals surface area contributed by atoms with E-state index in [0.717, 1.165) is 10.9 Å². The first-order valence-corrected chi connectivity index (χ1v) is 5.26. The highest BCUT2D eigenvalue weighted by Gasteiger charge is 2.07. The monoisotopic (exact) mass is 253 g/mol. The lowest BCUT2D eigenvalue weighted by molar-refractivity contribution is 0.160. The highest BCUT2D eigenvalue weighted by atomic mass is 79.9. The summed E-state index contributed by atoms with van der Waals surface area (Å²) in [5.74, 6) is 2.54. The fourth-order valence-electron chi connectivity index (χ4n) is 1.13. The van der Waals surface area contributed by atoms with E-state index in [2.05, 4.69) is 26.8 Å². The van der Waals surface area contributed by atoms with Crippen LogP contribution in [-0.4, -0.2) is 10.1 Å². The normalized spacial score (nSPS) is 12.1. The maximum Gasteiger partial charge on any atom is 0.0960 e. The average molecular weight is 254 g/mol. The van der Waals surface area contributed by atoms with Crippen LogP contribution in [0.3, 0.4) is 0 Å². The fourth-order valence-corrected chi connectivity index (χ4v) is 1.36. The summed E-state index contributed by atoms with van der Waals surface area (Å²) in [6.45, 7) is 0. The van der Waals surface area contributed by atoms with Gasteiger partial charge >= 0.3 is 0 Å². The smallest absolute Gasteiger partial charge is 0.0960 e. The molecule has 0 aromatic carbocycles. The topological polar surface area (TPSA) is 33.1 Å². The first-order chi connectivity index (χ1) is 6.74. The van der Waals surface area contributed by atoms with E-state index in [4.69, 9.17) is 6.42 Å². The van der Waals surface area contributed by atoms with E-state index in [1.54, 1.807) is 6.20 Å². The Morgan fingerprint density at radius 1 is 1.57 bits per heavy atom. The van der Waals surface area contributed by atoms with Crippen molar-refractivity contribution >= 4 is 15.9 Å². The molecule has 2 nitrogen and oxygen atoms in total. The van der Waals surface area contributed by atoms with Crippen LogP contribution in [0.4, 0.5) is 0 Å². The molecule has 0 aliphatic rings. The second-order valence-corrected chi connectivity index (χ2v) is 3.93. The maximum atomic E-state index is 9.69. The Kier molecular flexibility index (Phi) is 4.64. The summed E-state index contributed by atoms with van der Waals surface area (Å²) in [5, 5.41) is 9.69. The standard InChI is InChI=1S/C11H12BrNO/c1-2-3-4-5-11(14)10-7-6-9(12)8-13-10/h1,6-8,11,14H,3-5H2. The molecular weight excluding hydrogens is 242 g/mol. The summed E-state index contributed by atoms with van der Waals surface area (Å²) < 4.78 is 0.914. The summed E-state index contributed by atoms with van der Waals surface area (Å²) >= 11 is 3.29. The maximum absolute atomic E-state index is 9.69. The molecule has 1 rings (SSSR count). The zero-order chi connectivity index (χ0) is 10.4. The largest absolute Gasteiger partial charge is 0.387 e. The number of terminal acetylenes is 1. The van der Waals surface area contributed by atoms with Crippen LogP contribution < -0.4 is 0 Å². The Balaban J connectivity index is 2.48. The van der Waals surface area contributed by atoms with Crippen molar-refractivity contribution in [3.63, 3.8) is 0 Å². The van der Waals surface area contributed by atoms with Gasteiger partial charge in [-0.2, -0.15) is 0 Å². The summed E-state index contributed by atoms with van der Waals surface area (Å²) in [4.78, 5) is 4.11. The number of unbranched alkanes of at least 4 members (excludes halogenated alkanes) is 1. The van der Waals surface area contributed by atoms with Gasteiger partial charge in [-0.15, -0.1) is 12.3 Å². The number of aromatic nitrogens is 1. The van der Waals surface area contributed by atoms with Crippen LogP contribution >= 0.6 is 15.9 Å². The van der Waals surface area contributed by atoms with Crippen LogP contribution in [0.5, 0.6) is 0 Å². The van der Waals surface area contributed by atoms with Crippen molar-refractivity contribution in [2.75, 3.05) is 0 Å². The molecule has 0 amide bonds. The van der Waals surface area contributed by atoms with Gasteiger partial charge < -0.3 is 5.11 Å². The van der Waals surface area contributed by atoms with Crippen LogP contribution in [-0.2, 0) is 0 Å². The molecule has 1 aromatic heterocycles. The first kappa shape index (κ1) is 11.2. The Hall–Kier alpha value is -0.850. The molecule has 3 heteroatoms. The van der Waals surface area contributed by atoms with Crippen molar-refractivity contribution < 1.29 is 5.11 Å². The van der Waals surface area contributed by atoms with Gasteiger partial charge in [0.25, 0.3) is 0 Å². The van der Waals surface area contributed by atoms with Crippen molar-refractivity contribution in [1.82, 2.24) is 4.98 Å². The second kappa shape index (κ2) is 5.79. The van der Waals surface area contributed by atoms with E-state index in [1.165, 1.54) is 0 Å². The SMILES string of the molecule is C#CCCCC(O)c1ccc(Br)cn1. The highest BCUT2D eigenvalue weighted by molar-refractivity contribution is 9.10. The third kappa shape index (κ3) is 3.49. The number of aliphatic hydroxyl groups is 1. The highest BCUT2D eigenvalue weighted by Crippen LogP contribution is 2.18. The Morgan fingerprint density at radius 3 is 2.93 bits per heavy atom. The van der Waals surface area contributed by atoms with Gasteiger partial charge in [0.05, 0.1) is 11.8 Å². The van der Waals surface area contributed by atoms with E-state index in [0.29, 0.717) is 18.5 Å². The van der Waals surface area contributed by atoms with Crippen LogP contribution in [0, 0.1) is 12.3 Å². The quantitative estimate of drug-likeness (QED) is 0.662. The third-order valence-corrected chi connectivity index (χ3v) is 2.36. The molecule has 74 valence electrons. The molecule has 0 saturated heterocycles. The van der Waals surface area contributed by atoms with Gasteiger partial charge in [-0.05, 0) is 40.9 Å². The molecule has 0 fully saturated rings. The summed E-state index contributed by atoms with van der Waals surface area (Å²) in [6.07, 6.45) is 8.49. The Bertz CT molecular complexity index is 315. The van der Waals surface area contributed by atoms with Crippen LogP contribution in [0.25, 0.3) is 0 Å². The van der Waals surface area contributed by atoms with Gasteiger partial charge in [0.2, 0.25) is 0 Å². The molecule has 1 atom stereocenters. The molecule has 1 N–H and O–H groups in total. The summed E-state index contributed by atoms with van der Waals surface area (Å²) in [7, 11) is 0. The fraction of sp³-hybridized carbons (Fsp3) is 0.364. The predicted molar refractivity (Wildman–Crippen MR) is 59.6 cm³/mol. The number of aliphatic hydroxyl groups excluding tert-OH is 1. The minimum Gasteiger partial charge on any atom is -0.387 e. The number of nitrogens with zero attached hydrogens (tertiary/aromatic N) is 1. The van der Waals surface area contributed by atoms with Gasteiger partial charge in [0.1, 0.15) is 0 Å². The van der Waals surface area contributed by atoms with E-state index >= 15 is 0 Å². The van der Waals surface area contributed by atoms with Gasteiger partial charge in [-0.3, -0.25) is 4.98 Å². The van der Waals surface area contributed by atoms with Crippen molar-refractivity contribution in [3.8, 4) is 12.3 Å². The lowest BCUT2D eigenvalue weighted by Crippen LogP contribution is -1.99. The molecule has 0 saturated carbocycles. The van der Waals surface area contributed by atoms with Gasteiger partial charge in [0.15, 0.2) is 0 Å². The molecule has 1 unspecified atom stereocenters. The van der Waals surface area contributed by atoms with Crippen LogP contribution in [0.1, 0.15) is 31.1 Å². The molecule has 0 aliphatic heterocycles. The van der Waals surface area contributed by atoms with Crippen LogP contribution in [0.15, 0.2) is 22.8 Å². The van der Waals surface area contributed by atoms with Crippen molar-refractivity contribution in [1.29, 1.82) is 0 Å². The molecular formula is C11H12BrNO. The van der Waals surface area contributed by atoms with Gasteiger partial charge in [-0.25, -0.2) is 0 Å². The molecule has 14 heavy (non-hydrogen) atoms. The van der Waals surface area contributed by atoms with E-state index in [9.17, 15) is 5.11 Å². The number of halogens is 1. The molecule has 0 radical (unpaired) electrons. The lowest BCUT2D eigenvalue weighted by atomic mass is 10.1. The van der Waals surface area contributed by atoms with Gasteiger partial charge in [-0.1, -0.05) is 0 Å². The number of hydrogen-bond acceptors (Lipinski definition) is 2. The van der Waals surface area contributed by atoms with Crippen molar-refractivity contribution in [2.45, 2.75) is 25.4 Å². The minimum absolute atomic E-state index is 0.503. The number of rotatable bonds is 4. The number of hydrogen-bond donors (Lipinski definition) is 1. The zero-order valence-electron chi connectivity index (χ0n) is 7.78. The predicted octanol–water partition coefficient (Wildman–Crippen LogP) is 2.68. The Labute approximate surface area is 92.5 Å². The third-order valence-electron chi connectivity index (χ3n) is 1.89. The van der Waals surface area contributed by atoms with Crippen molar-refractivity contribution in [2.24, 2.45) is 0 Å². The van der Waals surface area contributed by atoms with E-state index < -0.39 is 6.10 Å². The minimum atomic E-state index is -0.503. The average Bonchev–Trinajstić information content (AvgIpc) is 2.19. The second-order valence-electron chi connectivity index (χ2n) is 3.01. The zero-order valence-corrected chi connectivity index (χ0v) is 9.37. The summed E-state index contributed by atoms with van der Waals surface area (Å²) in [5.41, 5.74) is 0.699. The molecule has 0 bridgehead atoms. The first-order valence-electron chi connectivity index (χ1n) is 4.47. The molecule has 0 spiro atoms. The number of pyridine rings is 1. The molecule has 1 heterocycles. The molecule has 0 aliphatic carbocycles. The Morgan fingerprint density at radius 2 is 2.36 bits per heavy atom. The van der Waals surface area contributed by atoms with Gasteiger partial charge in [0, 0.05) is 17.1 Å².